The number of aliphatic hydroxyl groups excluding tert-OH is 1. The van der Waals surface area contributed by atoms with Crippen molar-refractivity contribution >= 4 is 5.69 Å². The Bertz CT molecular complexity index is 325. The zero-order valence-corrected chi connectivity index (χ0v) is 12.3. The molecule has 1 rings (SSSR count). The van der Waals surface area contributed by atoms with E-state index in [9.17, 15) is 0 Å². The number of hydrogen-bond acceptors (Lipinski definition) is 2. The van der Waals surface area contributed by atoms with E-state index in [0.29, 0.717) is 6.54 Å². The van der Waals surface area contributed by atoms with Crippen molar-refractivity contribution in [3.8, 4) is 0 Å². The molecular weight excluding hydrogens is 234 g/mol. The quantitative estimate of drug-likeness (QED) is 0.581. The van der Waals surface area contributed by atoms with Crippen LogP contribution in [0.2, 0.25) is 0 Å². The molecule has 0 amide bonds. The SMILES string of the molecule is CCCCCCCCCc1cccc(NCCO)c1. The molecule has 0 unspecified atom stereocenters. The molecule has 108 valence electrons. The Balaban J connectivity index is 2.14. The first-order chi connectivity index (χ1) is 9.36. The molecular formula is C17H29NO. The smallest absolute Gasteiger partial charge is 0.0604 e. The maximum Gasteiger partial charge on any atom is 0.0604 e. The van der Waals surface area contributed by atoms with Crippen LogP contribution in [0.1, 0.15) is 57.4 Å². The van der Waals surface area contributed by atoms with Gasteiger partial charge in [0, 0.05) is 12.2 Å². The summed E-state index contributed by atoms with van der Waals surface area (Å²) in [7, 11) is 0. The summed E-state index contributed by atoms with van der Waals surface area (Å²) in [4.78, 5) is 0. The number of rotatable bonds is 11. The topological polar surface area (TPSA) is 32.3 Å². The van der Waals surface area contributed by atoms with Crippen molar-refractivity contribution in [1.29, 1.82) is 0 Å². The predicted octanol–water partition coefficient (Wildman–Crippen LogP) is 4.38. The number of aliphatic hydroxyl groups is 1. The molecule has 0 saturated heterocycles. The average molecular weight is 263 g/mol. The van der Waals surface area contributed by atoms with Crippen molar-refractivity contribution in [2.75, 3.05) is 18.5 Å². The van der Waals surface area contributed by atoms with Crippen LogP contribution in [0.5, 0.6) is 0 Å². The van der Waals surface area contributed by atoms with E-state index in [1.165, 1.54) is 56.9 Å². The van der Waals surface area contributed by atoms with Crippen LogP contribution in [0.3, 0.4) is 0 Å². The fourth-order valence-corrected chi connectivity index (χ4v) is 2.32. The van der Waals surface area contributed by atoms with Gasteiger partial charge in [0.05, 0.1) is 6.61 Å². The second-order valence-corrected chi connectivity index (χ2v) is 5.22. The summed E-state index contributed by atoms with van der Waals surface area (Å²) in [5.74, 6) is 0. The molecule has 0 saturated carbocycles. The molecule has 2 nitrogen and oxygen atoms in total. The Labute approximate surface area is 118 Å². The van der Waals surface area contributed by atoms with E-state index in [-0.39, 0.29) is 6.61 Å². The minimum atomic E-state index is 0.183. The average Bonchev–Trinajstić information content (AvgIpc) is 2.44. The lowest BCUT2D eigenvalue weighted by Gasteiger charge is -2.07. The largest absolute Gasteiger partial charge is 0.395 e. The Morgan fingerprint density at radius 2 is 1.74 bits per heavy atom. The van der Waals surface area contributed by atoms with Crippen molar-refractivity contribution in [2.45, 2.75) is 58.3 Å². The van der Waals surface area contributed by atoms with Gasteiger partial charge in [-0.1, -0.05) is 57.6 Å². The van der Waals surface area contributed by atoms with Crippen LogP contribution in [0.25, 0.3) is 0 Å². The van der Waals surface area contributed by atoms with E-state index in [0.717, 1.165) is 5.69 Å². The molecule has 0 atom stereocenters. The highest BCUT2D eigenvalue weighted by atomic mass is 16.3. The number of aryl methyl sites for hydroxylation is 1. The molecule has 0 radical (unpaired) electrons. The third kappa shape index (κ3) is 7.89. The van der Waals surface area contributed by atoms with E-state index in [1.54, 1.807) is 0 Å². The van der Waals surface area contributed by atoms with Gasteiger partial charge in [0.15, 0.2) is 0 Å². The normalized spacial score (nSPS) is 10.6. The summed E-state index contributed by atoms with van der Waals surface area (Å²) >= 11 is 0. The summed E-state index contributed by atoms with van der Waals surface area (Å²) < 4.78 is 0. The maximum atomic E-state index is 8.80. The van der Waals surface area contributed by atoms with E-state index in [1.807, 2.05) is 0 Å². The van der Waals surface area contributed by atoms with Crippen molar-refractivity contribution in [3.05, 3.63) is 29.8 Å². The third-order valence-corrected chi connectivity index (χ3v) is 3.44. The van der Waals surface area contributed by atoms with Crippen molar-refractivity contribution in [2.24, 2.45) is 0 Å². The van der Waals surface area contributed by atoms with Gasteiger partial charge in [-0.25, -0.2) is 0 Å². The standard InChI is InChI=1S/C17H29NO/c1-2-3-4-5-6-7-8-10-16-11-9-12-17(15-16)18-13-14-19/h9,11-12,15,18-19H,2-8,10,13-14H2,1H3. The molecule has 0 heterocycles. The van der Waals surface area contributed by atoms with Crippen LogP contribution in [0.4, 0.5) is 5.69 Å². The van der Waals surface area contributed by atoms with Crippen molar-refractivity contribution in [1.82, 2.24) is 0 Å². The molecule has 0 bridgehead atoms. The van der Waals surface area contributed by atoms with Crippen LogP contribution < -0.4 is 5.32 Å². The summed E-state index contributed by atoms with van der Waals surface area (Å²) in [6, 6.07) is 8.55. The summed E-state index contributed by atoms with van der Waals surface area (Å²) in [5.41, 5.74) is 2.52. The number of hydrogen-bond donors (Lipinski definition) is 2. The van der Waals surface area contributed by atoms with Gasteiger partial charge in [-0.15, -0.1) is 0 Å². The second kappa shape index (κ2) is 10.9. The number of anilines is 1. The summed E-state index contributed by atoms with van der Waals surface area (Å²) in [6.07, 6.45) is 10.7. The minimum Gasteiger partial charge on any atom is -0.395 e. The van der Waals surface area contributed by atoms with E-state index in [2.05, 4.69) is 36.5 Å². The molecule has 2 N–H and O–H groups in total. The van der Waals surface area contributed by atoms with Gasteiger partial charge in [0.1, 0.15) is 0 Å². The van der Waals surface area contributed by atoms with Crippen molar-refractivity contribution < 1.29 is 5.11 Å². The first kappa shape index (κ1) is 16.0. The van der Waals surface area contributed by atoms with Gasteiger partial charge in [-0.05, 0) is 30.5 Å². The fourth-order valence-electron chi connectivity index (χ4n) is 2.32. The molecule has 0 aliphatic heterocycles. The van der Waals surface area contributed by atoms with Gasteiger partial charge in [0.2, 0.25) is 0 Å². The van der Waals surface area contributed by atoms with Gasteiger partial charge in [0.25, 0.3) is 0 Å². The molecule has 2 heteroatoms. The fraction of sp³-hybridized carbons (Fsp3) is 0.647. The van der Waals surface area contributed by atoms with Gasteiger partial charge in [-0.2, -0.15) is 0 Å². The first-order valence-corrected chi connectivity index (χ1v) is 7.80. The first-order valence-electron chi connectivity index (χ1n) is 7.80. The molecule has 0 aromatic heterocycles. The summed E-state index contributed by atoms with van der Waals surface area (Å²) in [5, 5.41) is 12.0. The highest BCUT2D eigenvalue weighted by Crippen LogP contribution is 2.14. The molecule has 1 aromatic rings. The molecule has 1 aromatic carbocycles. The summed E-state index contributed by atoms with van der Waals surface area (Å²) in [6.45, 7) is 3.07. The van der Waals surface area contributed by atoms with Gasteiger partial charge >= 0.3 is 0 Å². The minimum absolute atomic E-state index is 0.183. The maximum absolute atomic E-state index is 8.80. The zero-order chi connectivity index (χ0) is 13.8. The number of nitrogens with one attached hydrogen (secondary N) is 1. The predicted molar refractivity (Wildman–Crippen MR) is 83.7 cm³/mol. The lowest BCUT2D eigenvalue weighted by atomic mass is 10.0. The molecule has 0 aliphatic carbocycles. The van der Waals surface area contributed by atoms with E-state index in [4.69, 9.17) is 5.11 Å². The Kier molecular flexibility index (Phi) is 9.17. The van der Waals surface area contributed by atoms with E-state index >= 15 is 0 Å². The number of benzene rings is 1. The highest BCUT2D eigenvalue weighted by molar-refractivity contribution is 5.45. The Hall–Kier alpha value is -1.02. The number of unbranched alkanes of at least 4 members (excludes halogenated alkanes) is 6. The van der Waals surface area contributed by atoms with Crippen LogP contribution >= 0.6 is 0 Å². The Morgan fingerprint density at radius 3 is 2.47 bits per heavy atom. The van der Waals surface area contributed by atoms with Crippen LogP contribution in [0, 0.1) is 0 Å². The van der Waals surface area contributed by atoms with E-state index < -0.39 is 0 Å². The highest BCUT2D eigenvalue weighted by Gasteiger charge is 1.96. The zero-order valence-electron chi connectivity index (χ0n) is 12.3. The van der Waals surface area contributed by atoms with Crippen LogP contribution in [0.15, 0.2) is 24.3 Å². The Morgan fingerprint density at radius 1 is 1.00 bits per heavy atom. The second-order valence-electron chi connectivity index (χ2n) is 5.22. The molecule has 19 heavy (non-hydrogen) atoms. The van der Waals surface area contributed by atoms with Gasteiger partial charge < -0.3 is 10.4 Å². The van der Waals surface area contributed by atoms with Crippen LogP contribution in [-0.4, -0.2) is 18.3 Å². The lowest BCUT2D eigenvalue weighted by molar-refractivity contribution is 0.311. The molecule has 0 spiro atoms. The molecule has 0 fully saturated rings. The van der Waals surface area contributed by atoms with Gasteiger partial charge in [-0.3, -0.25) is 0 Å². The molecule has 0 aliphatic rings. The third-order valence-electron chi connectivity index (χ3n) is 3.44. The lowest BCUT2D eigenvalue weighted by Crippen LogP contribution is -2.05. The van der Waals surface area contributed by atoms with Crippen LogP contribution in [-0.2, 0) is 6.42 Å². The monoisotopic (exact) mass is 263 g/mol. The van der Waals surface area contributed by atoms with Crippen molar-refractivity contribution in [3.63, 3.8) is 0 Å².